The number of rotatable bonds is 6. The van der Waals surface area contributed by atoms with E-state index in [1.165, 1.54) is 0 Å². The third-order valence-corrected chi connectivity index (χ3v) is 4.36. The summed E-state index contributed by atoms with van der Waals surface area (Å²) in [7, 11) is 0. The molecule has 0 heterocycles. The monoisotopic (exact) mass is 309 g/mol. The van der Waals surface area contributed by atoms with Gasteiger partial charge in [-0.15, -0.1) is 0 Å². The van der Waals surface area contributed by atoms with Gasteiger partial charge in [-0.05, 0) is 37.0 Å². The molecule has 1 aromatic rings. The Hall–Kier alpha value is -1.55. The molecule has 1 fully saturated rings. The Bertz CT molecular complexity index is 524. The van der Waals surface area contributed by atoms with Crippen molar-refractivity contribution in [2.75, 3.05) is 6.54 Å². The second-order valence-electron chi connectivity index (χ2n) is 5.55. The van der Waals surface area contributed by atoms with Crippen LogP contribution in [-0.4, -0.2) is 23.5 Å². The van der Waals surface area contributed by atoms with E-state index in [-0.39, 0.29) is 12.3 Å². The minimum absolute atomic E-state index is 0.00680. The second kappa shape index (κ2) is 6.94. The zero-order valence-electron chi connectivity index (χ0n) is 11.9. The van der Waals surface area contributed by atoms with Gasteiger partial charge < -0.3 is 10.4 Å². The lowest BCUT2D eigenvalue weighted by Gasteiger charge is -2.28. The van der Waals surface area contributed by atoms with Crippen molar-refractivity contribution in [3.8, 4) is 0 Å². The maximum atomic E-state index is 12.6. The molecule has 1 amide bonds. The van der Waals surface area contributed by atoms with Crippen molar-refractivity contribution in [2.45, 2.75) is 43.9 Å². The fourth-order valence-corrected chi connectivity index (χ4v) is 3.21. The molecule has 1 aliphatic carbocycles. The maximum Gasteiger partial charge on any atom is 0.303 e. The summed E-state index contributed by atoms with van der Waals surface area (Å²) in [5, 5.41) is 12.2. The van der Waals surface area contributed by atoms with Gasteiger partial charge in [-0.3, -0.25) is 9.59 Å². The maximum absolute atomic E-state index is 12.6. The van der Waals surface area contributed by atoms with Crippen LogP contribution in [0.3, 0.4) is 0 Å². The predicted molar refractivity (Wildman–Crippen MR) is 81.5 cm³/mol. The largest absolute Gasteiger partial charge is 0.481 e. The summed E-state index contributed by atoms with van der Waals surface area (Å²) in [5.41, 5.74) is 0.455. The standard InChI is InChI=1S/C16H20ClNO3/c17-13-6-3-5-12(11-13)16(8-1-2-9-16)15(21)18-10-4-7-14(19)20/h3,5-6,11H,1-2,4,7-10H2,(H,18,21)(H,19,20). The van der Waals surface area contributed by atoms with Crippen LogP contribution in [0.5, 0.6) is 0 Å². The van der Waals surface area contributed by atoms with E-state index in [0.717, 1.165) is 31.2 Å². The van der Waals surface area contributed by atoms with E-state index < -0.39 is 11.4 Å². The number of amides is 1. The first kappa shape index (κ1) is 15.8. The van der Waals surface area contributed by atoms with Crippen molar-refractivity contribution in [1.29, 1.82) is 0 Å². The van der Waals surface area contributed by atoms with Gasteiger partial charge in [0.1, 0.15) is 0 Å². The number of hydrogen-bond donors (Lipinski definition) is 2. The number of nitrogens with one attached hydrogen (secondary N) is 1. The Labute approximate surface area is 129 Å². The molecule has 1 aliphatic rings. The van der Waals surface area contributed by atoms with Crippen molar-refractivity contribution < 1.29 is 14.7 Å². The fraction of sp³-hybridized carbons (Fsp3) is 0.500. The molecule has 2 N–H and O–H groups in total. The van der Waals surface area contributed by atoms with Crippen LogP contribution in [0.4, 0.5) is 0 Å². The highest BCUT2D eigenvalue weighted by Crippen LogP contribution is 2.42. The van der Waals surface area contributed by atoms with Crippen molar-refractivity contribution in [3.63, 3.8) is 0 Å². The Balaban J connectivity index is 2.07. The minimum Gasteiger partial charge on any atom is -0.481 e. The SMILES string of the molecule is O=C(O)CCCNC(=O)C1(c2cccc(Cl)c2)CCCC1. The second-order valence-corrected chi connectivity index (χ2v) is 5.99. The van der Waals surface area contributed by atoms with E-state index in [4.69, 9.17) is 16.7 Å². The van der Waals surface area contributed by atoms with Crippen LogP contribution in [0.15, 0.2) is 24.3 Å². The van der Waals surface area contributed by atoms with E-state index in [0.29, 0.717) is 18.0 Å². The van der Waals surface area contributed by atoms with Crippen LogP contribution in [-0.2, 0) is 15.0 Å². The van der Waals surface area contributed by atoms with E-state index in [9.17, 15) is 9.59 Å². The molecule has 1 aromatic carbocycles. The van der Waals surface area contributed by atoms with E-state index in [2.05, 4.69) is 5.32 Å². The molecule has 114 valence electrons. The zero-order chi connectivity index (χ0) is 15.3. The first-order chi connectivity index (χ1) is 10.0. The minimum atomic E-state index is -0.838. The first-order valence-corrected chi connectivity index (χ1v) is 7.68. The number of carbonyl (C=O) groups is 2. The van der Waals surface area contributed by atoms with Gasteiger partial charge in [0.15, 0.2) is 0 Å². The normalized spacial score (nSPS) is 16.6. The van der Waals surface area contributed by atoms with E-state index in [1.54, 1.807) is 6.07 Å². The number of aliphatic carboxylic acids is 1. The van der Waals surface area contributed by atoms with Crippen LogP contribution >= 0.6 is 11.6 Å². The van der Waals surface area contributed by atoms with Gasteiger partial charge in [-0.25, -0.2) is 0 Å². The molecule has 0 aliphatic heterocycles. The average Bonchev–Trinajstić information content (AvgIpc) is 2.94. The molecule has 0 unspecified atom stereocenters. The Kier molecular flexibility index (Phi) is 5.23. The molecule has 0 aromatic heterocycles. The lowest BCUT2D eigenvalue weighted by molar-refractivity contribution is -0.137. The number of halogens is 1. The number of carboxylic acids is 1. The Morgan fingerprint density at radius 3 is 2.62 bits per heavy atom. The molecule has 1 saturated carbocycles. The van der Waals surface area contributed by atoms with Gasteiger partial charge in [0.25, 0.3) is 0 Å². The Morgan fingerprint density at radius 2 is 2.00 bits per heavy atom. The molecule has 0 spiro atoms. The summed E-state index contributed by atoms with van der Waals surface area (Å²) in [5.74, 6) is -0.845. The fourth-order valence-electron chi connectivity index (χ4n) is 3.02. The van der Waals surface area contributed by atoms with Crippen molar-refractivity contribution in [2.24, 2.45) is 0 Å². The summed E-state index contributed by atoms with van der Waals surface area (Å²) in [6, 6.07) is 7.49. The number of hydrogen-bond acceptors (Lipinski definition) is 2. The average molecular weight is 310 g/mol. The third-order valence-electron chi connectivity index (χ3n) is 4.12. The van der Waals surface area contributed by atoms with Gasteiger partial charge in [-0.2, -0.15) is 0 Å². The number of carboxylic acid groups (broad SMARTS) is 1. The molecule has 5 heteroatoms. The summed E-state index contributed by atoms with van der Waals surface area (Å²) in [6.45, 7) is 0.396. The molecular weight excluding hydrogens is 290 g/mol. The van der Waals surface area contributed by atoms with Crippen molar-refractivity contribution in [3.05, 3.63) is 34.9 Å². The molecule has 0 radical (unpaired) electrons. The highest BCUT2D eigenvalue weighted by atomic mass is 35.5. The topological polar surface area (TPSA) is 66.4 Å². The molecule has 4 nitrogen and oxygen atoms in total. The van der Waals surface area contributed by atoms with Gasteiger partial charge in [0, 0.05) is 18.0 Å². The summed E-state index contributed by atoms with van der Waals surface area (Å²) in [6.07, 6.45) is 4.21. The summed E-state index contributed by atoms with van der Waals surface area (Å²) in [4.78, 5) is 23.1. The van der Waals surface area contributed by atoms with Crippen LogP contribution in [0.1, 0.15) is 44.1 Å². The van der Waals surface area contributed by atoms with Crippen molar-refractivity contribution in [1.82, 2.24) is 5.32 Å². The predicted octanol–water partition coefficient (Wildman–Crippen LogP) is 3.13. The van der Waals surface area contributed by atoms with Gasteiger partial charge in [0.05, 0.1) is 5.41 Å². The van der Waals surface area contributed by atoms with Crippen LogP contribution in [0, 0.1) is 0 Å². The highest BCUT2D eigenvalue weighted by molar-refractivity contribution is 6.30. The summed E-state index contributed by atoms with van der Waals surface area (Å²) < 4.78 is 0. The molecule has 0 bridgehead atoms. The zero-order valence-corrected chi connectivity index (χ0v) is 12.7. The van der Waals surface area contributed by atoms with Gasteiger partial charge >= 0.3 is 5.97 Å². The quantitative estimate of drug-likeness (QED) is 0.793. The van der Waals surface area contributed by atoms with Gasteiger partial charge in [0.2, 0.25) is 5.91 Å². The van der Waals surface area contributed by atoms with Crippen LogP contribution in [0.25, 0.3) is 0 Å². The number of benzene rings is 1. The Morgan fingerprint density at radius 1 is 1.29 bits per heavy atom. The molecule has 2 rings (SSSR count). The third kappa shape index (κ3) is 3.76. The first-order valence-electron chi connectivity index (χ1n) is 7.31. The summed E-state index contributed by atoms with van der Waals surface area (Å²) >= 11 is 6.05. The lowest BCUT2D eigenvalue weighted by atomic mass is 9.78. The number of carbonyl (C=O) groups excluding carboxylic acids is 1. The molecule has 0 atom stereocenters. The smallest absolute Gasteiger partial charge is 0.303 e. The van der Waals surface area contributed by atoms with E-state index >= 15 is 0 Å². The lowest BCUT2D eigenvalue weighted by Crippen LogP contribution is -2.43. The van der Waals surface area contributed by atoms with Crippen LogP contribution < -0.4 is 5.32 Å². The highest BCUT2D eigenvalue weighted by Gasteiger charge is 2.42. The molecule has 0 saturated heterocycles. The molecular formula is C16H20ClNO3. The van der Waals surface area contributed by atoms with E-state index in [1.807, 2.05) is 18.2 Å². The van der Waals surface area contributed by atoms with Crippen molar-refractivity contribution >= 4 is 23.5 Å². The van der Waals surface area contributed by atoms with Gasteiger partial charge in [-0.1, -0.05) is 36.6 Å². The molecule has 21 heavy (non-hydrogen) atoms. The van der Waals surface area contributed by atoms with Crippen LogP contribution in [0.2, 0.25) is 5.02 Å².